The summed E-state index contributed by atoms with van der Waals surface area (Å²) < 4.78 is 18.7. The molecule has 1 aromatic heterocycles. The van der Waals surface area contributed by atoms with Crippen molar-refractivity contribution in [3.05, 3.63) is 41.8 Å². The first-order chi connectivity index (χ1) is 10.0. The van der Waals surface area contributed by atoms with Crippen LogP contribution in [0.1, 0.15) is 34.7 Å². The number of halogens is 1. The van der Waals surface area contributed by atoms with Crippen LogP contribution in [0.3, 0.4) is 0 Å². The Kier molecular flexibility index (Phi) is 6.59. The van der Waals surface area contributed by atoms with Crippen LogP contribution >= 0.6 is 0 Å². The van der Waals surface area contributed by atoms with Crippen molar-refractivity contribution in [2.24, 2.45) is 0 Å². The zero-order valence-corrected chi connectivity index (χ0v) is 13.1. The van der Waals surface area contributed by atoms with Gasteiger partial charge in [0.05, 0.1) is 6.10 Å². The van der Waals surface area contributed by atoms with Gasteiger partial charge in [-0.2, -0.15) is 4.98 Å². The van der Waals surface area contributed by atoms with Crippen molar-refractivity contribution in [3.63, 3.8) is 0 Å². The Hall–Kier alpha value is -2.17. The summed E-state index contributed by atoms with van der Waals surface area (Å²) in [5, 5.41) is 2.94. The van der Waals surface area contributed by atoms with Crippen LogP contribution in [-0.4, -0.2) is 16.1 Å². The number of nitrogens with zero attached hydrogens (tertiary/aromatic N) is 2. The minimum atomic E-state index is -0.309. The van der Waals surface area contributed by atoms with Gasteiger partial charge in [0.2, 0.25) is 11.8 Å². The smallest absolute Gasteiger partial charge is 0.230 e. The van der Waals surface area contributed by atoms with E-state index < -0.39 is 0 Å². The molecule has 5 heteroatoms. The van der Waals surface area contributed by atoms with Gasteiger partial charge >= 0.3 is 0 Å². The quantitative estimate of drug-likeness (QED) is 0.885. The van der Waals surface area contributed by atoms with Crippen LogP contribution in [0.4, 0.5) is 16.0 Å². The maximum absolute atomic E-state index is 13.1. The fourth-order valence-electron chi connectivity index (χ4n) is 1.52. The Balaban J connectivity index is 0.00000141. The molecule has 1 aromatic carbocycles. The first-order valence-electron chi connectivity index (χ1n) is 7.07. The lowest BCUT2D eigenvalue weighted by Crippen LogP contribution is -2.09. The van der Waals surface area contributed by atoms with E-state index in [0.29, 0.717) is 17.5 Å². The predicted molar refractivity (Wildman–Crippen MR) is 85.7 cm³/mol. The molecule has 0 aliphatic carbocycles. The highest BCUT2D eigenvalue weighted by molar-refractivity contribution is 5.53. The van der Waals surface area contributed by atoms with Crippen molar-refractivity contribution >= 4 is 11.6 Å². The summed E-state index contributed by atoms with van der Waals surface area (Å²) in [5.74, 6) is 0.603. The van der Waals surface area contributed by atoms with E-state index in [9.17, 15) is 4.39 Å². The first kappa shape index (κ1) is 16.9. The molecule has 0 aliphatic heterocycles. The highest BCUT2D eigenvalue weighted by Gasteiger charge is 2.07. The van der Waals surface area contributed by atoms with Crippen LogP contribution < -0.4 is 10.1 Å². The molecule has 4 nitrogen and oxygen atoms in total. The molecule has 2 aromatic rings. The molecule has 1 N–H and O–H groups in total. The highest BCUT2D eigenvalue weighted by Crippen LogP contribution is 2.19. The van der Waals surface area contributed by atoms with Crippen LogP contribution in [0.15, 0.2) is 30.5 Å². The Morgan fingerprint density at radius 2 is 2.00 bits per heavy atom. The van der Waals surface area contributed by atoms with Crippen molar-refractivity contribution in [1.29, 1.82) is 0 Å². The van der Waals surface area contributed by atoms with Crippen LogP contribution in [0.2, 0.25) is 0 Å². The van der Waals surface area contributed by atoms with Crippen LogP contribution in [0, 0.1) is 12.7 Å². The third-order valence-electron chi connectivity index (χ3n) is 2.35. The second-order valence-corrected chi connectivity index (χ2v) is 4.48. The lowest BCUT2D eigenvalue weighted by atomic mass is 10.3. The van der Waals surface area contributed by atoms with Crippen LogP contribution in [0.25, 0.3) is 0 Å². The van der Waals surface area contributed by atoms with E-state index in [1.807, 2.05) is 34.6 Å². The van der Waals surface area contributed by atoms with Gasteiger partial charge in [0.15, 0.2) is 0 Å². The average Bonchev–Trinajstić information content (AvgIpc) is 2.44. The van der Waals surface area contributed by atoms with E-state index >= 15 is 0 Å². The summed E-state index contributed by atoms with van der Waals surface area (Å²) in [6.07, 6.45) is 1.71. The standard InChI is InChI=1S/C14H16FN3O.C2H6.H2/c1-9(2)19-13-10(3)8-16-14(18-13)17-12-6-4-5-11(15)7-12;1-2;/h4-9H,1-3H3,(H,16,17,18);1-2H3;1H. The van der Waals surface area contributed by atoms with E-state index in [2.05, 4.69) is 15.3 Å². The topological polar surface area (TPSA) is 47.0 Å². The molecular formula is C16H24FN3O. The molecule has 0 bridgehead atoms. The van der Waals surface area contributed by atoms with Gasteiger partial charge in [0.1, 0.15) is 5.82 Å². The number of hydrogen-bond donors (Lipinski definition) is 1. The minimum Gasteiger partial charge on any atom is -0.475 e. The minimum absolute atomic E-state index is 0. The number of aromatic nitrogens is 2. The summed E-state index contributed by atoms with van der Waals surface area (Å²) in [6, 6.07) is 6.13. The molecule has 2 rings (SSSR count). The van der Waals surface area contributed by atoms with E-state index in [1.165, 1.54) is 12.1 Å². The van der Waals surface area contributed by atoms with Gasteiger partial charge in [-0.05, 0) is 39.0 Å². The molecule has 0 saturated heterocycles. The molecule has 116 valence electrons. The summed E-state index contributed by atoms with van der Waals surface area (Å²) in [5.41, 5.74) is 1.46. The summed E-state index contributed by atoms with van der Waals surface area (Å²) in [7, 11) is 0. The SMILES string of the molecule is CC.Cc1cnc(Nc2cccc(F)c2)nc1OC(C)C.[HH]. The molecule has 0 atom stereocenters. The largest absolute Gasteiger partial charge is 0.475 e. The average molecular weight is 293 g/mol. The summed E-state index contributed by atoms with van der Waals surface area (Å²) in [4.78, 5) is 8.42. The second-order valence-electron chi connectivity index (χ2n) is 4.48. The van der Waals surface area contributed by atoms with Gasteiger partial charge in [-0.15, -0.1) is 0 Å². The number of nitrogens with one attached hydrogen (secondary N) is 1. The monoisotopic (exact) mass is 293 g/mol. The number of rotatable bonds is 4. The molecule has 0 radical (unpaired) electrons. The number of ether oxygens (including phenoxy) is 1. The molecule has 0 amide bonds. The molecule has 1 heterocycles. The Morgan fingerprint density at radius 1 is 1.29 bits per heavy atom. The maximum Gasteiger partial charge on any atom is 0.230 e. The Morgan fingerprint density at radius 3 is 2.62 bits per heavy atom. The van der Waals surface area contributed by atoms with Gasteiger partial charge < -0.3 is 10.1 Å². The summed E-state index contributed by atoms with van der Waals surface area (Å²) >= 11 is 0. The third kappa shape index (κ3) is 5.38. The molecule has 21 heavy (non-hydrogen) atoms. The fraction of sp³-hybridized carbons (Fsp3) is 0.375. The van der Waals surface area contributed by atoms with Gasteiger partial charge in [-0.3, -0.25) is 0 Å². The highest BCUT2D eigenvalue weighted by atomic mass is 19.1. The molecule has 0 unspecified atom stereocenters. The first-order valence-corrected chi connectivity index (χ1v) is 7.07. The van der Waals surface area contributed by atoms with E-state index in [1.54, 1.807) is 18.3 Å². The zero-order chi connectivity index (χ0) is 15.8. The second kappa shape index (κ2) is 8.19. The van der Waals surface area contributed by atoms with E-state index in [-0.39, 0.29) is 13.3 Å². The molecular weight excluding hydrogens is 269 g/mol. The van der Waals surface area contributed by atoms with Crippen LogP contribution in [-0.2, 0) is 0 Å². The van der Waals surface area contributed by atoms with Gasteiger partial charge in [-0.25, -0.2) is 9.37 Å². The Bertz CT molecular complexity index is 579. The maximum atomic E-state index is 13.1. The lowest BCUT2D eigenvalue weighted by Gasteiger charge is -2.12. The number of hydrogen-bond acceptors (Lipinski definition) is 4. The third-order valence-corrected chi connectivity index (χ3v) is 2.35. The Labute approximate surface area is 126 Å². The summed E-state index contributed by atoms with van der Waals surface area (Å²) in [6.45, 7) is 9.74. The lowest BCUT2D eigenvalue weighted by molar-refractivity contribution is 0.231. The van der Waals surface area contributed by atoms with Crippen LogP contribution in [0.5, 0.6) is 5.88 Å². The van der Waals surface area contributed by atoms with E-state index in [0.717, 1.165) is 5.56 Å². The predicted octanol–water partition coefficient (Wildman–Crippen LogP) is 4.73. The number of aryl methyl sites for hydroxylation is 1. The molecule has 0 spiro atoms. The van der Waals surface area contributed by atoms with Gasteiger partial charge in [-0.1, -0.05) is 19.9 Å². The van der Waals surface area contributed by atoms with Crippen molar-refractivity contribution in [2.75, 3.05) is 5.32 Å². The van der Waals surface area contributed by atoms with Crippen molar-refractivity contribution in [1.82, 2.24) is 9.97 Å². The normalized spacial score (nSPS) is 9.86. The van der Waals surface area contributed by atoms with Crippen molar-refractivity contribution < 1.29 is 10.6 Å². The van der Waals surface area contributed by atoms with Gasteiger partial charge in [0, 0.05) is 18.9 Å². The zero-order valence-electron chi connectivity index (χ0n) is 13.1. The van der Waals surface area contributed by atoms with Crippen molar-refractivity contribution in [2.45, 2.75) is 40.7 Å². The molecule has 0 aliphatic rings. The number of anilines is 2. The van der Waals surface area contributed by atoms with E-state index in [4.69, 9.17) is 4.74 Å². The number of benzene rings is 1. The fourth-order valence-corrected chi connectivity index (χ4v) is 1.52. The molecule has 0 saturated carbocycles. The van der Waals surface area contributed by atoms with Gasteiger partial charge in [0.25, 0.3) is 0 Å². The molecule has 0 fully saturated rings. The van der Waals surface area contributed by atoms with Crippen molar-refractivity contribution in [3.8, 4) is 5.88 Å².